The number of nitro groups is 1. The standard InChI is InChI=1S/C14H20N2O3/c1-10-9-13(3-4-14(10)16(17)18)15-11(2)12-5-7-19-8-6-12/h3-4,9,11-12,15H,5-8H2,1-2H3. The number of ether oxygens (including phenoxy) is 1. The van der Waals surface area contributed by atoms with Crippen LogP contribution < -0.4 is 5.32 Å². The molecule has 1 heterocycles. The minimum absolute atomic E-state index is 0.171. The topological polar surface area (TPSA) is 64.4 Å². The van der Waals surface area contributed by atoms with Crippen LogP contribution in [0, 0.1) is 23.0 Å². The second-order valence-corrected chi connectivity index (χ2v) is 5.14. The zero-order valence-electron chi connectivity index (χ0n) is 11.4. The molecule has 104 valence electrons. The predicted octanol–water partition coefficient (Wildman–Crippen LogP) is 3.13. The number of anilines is 1. The maximum atomic E-state index is 10.8. The fourth-order valence-electron chi connectivity index (χ4n) is 2.55. The molecule has 5 nitrogen and oxygen atoms in total. The molecule has 19 heavy (non-hydrogen) atoms. The van der Waals surface area contributed by atoms with Crippen molar-refractivity contribution in [3.8, 4) is 0 Å². The minimum Gasteiger partial charge on any atom is -0.382 e. The molecule has 1 aromatic carbocycles. The monoisotopic (exact) mass is 264 g/mol. The van der Waals surface area contributed by atoms with Crippen LogP contribution in [-0.4, -0.2) is 24.2 Å². The van der Waals surface area contributed by atoms with Gasteiger partial charge in [-0.2, -0.15) is 0 Å². The van der Waals surface area contributed by atoms with Gasteiger partial charge < -0.3 is 10.1 Å². The Hall–Kier alpha value is -1.62. The van der Waals surface area contributed by atoms with Gasteiger partial charge >= 0.3 is 0 Å². The average molecular weight is 264 g/mol. The van der Waals surface area contributed by atoms with E-state index in [0.717, 1.165) is 31.7 Å². The van der Waals surface area contributed by atoms with Crippen molar-refractivity contribution >= 4 is 11.4 Å². The summed E-state index contributed by atoms with van der Waals surface area (Å²) in [7, 11) is 0. The van der Waals surface area contributed by atoms with E-state index in [9.17, 15) is 10.1 Å². The molecule has 0 amide bonds. The first-order valence-electron chi connectivity index (χ1n) is 6.67. The lowest BCUT2D eigenvalue weighted by Gasteiger charge is -2.29. The summed E-state index contributed by atoms with van der Waals surface area (Å²) in [5.74, 6) is 0.601. The zero-order valence-corrected chi connectivity index (χ0v) is 11.4. The van der Waals surface area contributed by atoms with Gasteiger partial charge in [-0.15, -0.1) is 0 Å². The summed E-state index contributed by atoms with van der Waals surface area (Å²) in [5.41, 5.74) is 1.81. The number of hydrogen-bond donors (Lipinski definition) is 1. The second kappa shape index (κ2) is 6.02. The van der Waals surface area contributed by atoms with Crippen molar-refractivity contribution in [3.63, 3.8) is 0 Å². The molecule has 1 atom stereocenters. The first-order chi connectivity index (χ1) is 9.08. The van der Waals surface area contributed by atoms with E-state index in [1.807, 2.05) is 6.07 Å². The molecule has 1 N–H and O–H groups in total. The normalized spacial score (nSPS) is 18.0. The first kappa shape index (κ1) is 13.8. The van der Waals surface area contributed by atoms with Gasteiger partial charge in [0, 0.05) is 36.6 Å². The molecule has 1 aliphatic heterocycles. The van der Waals surface area contributed by atoms with Gasteiger partial charge in [0.25, 0.3) is 5.69 Å². The molecule has 0 bridgehead atoms. The van der Waals surface area contributed by atoms with E-state index in [2.05, 4.69) is 12.2 Å². The Labute approximate surface area is 113 Å². The molecule has 1 saturated heterocycles. The van der Waals surface area contributed by atoms with E-state index in [1.165, 1.54) is 0 Å². The number of nitrogens with one attached hydrogen (secondary N) is 1. The lowest BCUT2D eigenvalue weighted by Crippen LogP contribution is -2.30. The van der Waals surface area contributed by atoms with Crippen molar-refractivity contribution in [2.75, 3.05) is 18.5 Å². The highest BCUT2D eigenvalue weighted by Crippen LogP contribution is 2.25. The Morgan fingerprint density at radius 2 is 2.11 bits per heavy atom. The fraction of sp³-hybridized carbons (Fsp3) is 0.571. The predicted molar refractivity (Wildman–Crippen MR) is 74.5 cm³/mol. The van der Waals surface area contributed by atoms with Gasteiger partial charge in [0.2, 0.25) is 0 Å². The fourth-order valence-corrected chi connectivity index (χ4v) is 2.55. The van der Waals surface area contributed by atoms with Gasteiger partial charge in [-0.25, -0.2) is 0 Å². The van der Waals surface area contributed by atoms with Crippen LogP contribution in [-0.2, 0) is 4.74 Å². The van der Waals surface area contributed by atoms with Gasteiger partial charge in [0.15, 0.2) is 0 Å². The molecule has 1 unspecified atom stereocenters. The molecule has 2 rings (SSSR count). The van der Waals surface area contributed by atoms with Gasteiger partial charge in [0.1, 0.15) is 0 Å². The number of aryl methyl sites for hydroxylation is 1. The molecule has 5 heteroatoms. The zero-order chi connectivity index (χ0) is 13.8. The summed E-state index contributed by atoms with van der Waals surface area (Å²) < 4.78 is 5.36. The van der Waals surface area contributed by atoms with Crippen molar-refractivity contribution in [1.29, 1.82) is 0 Å². The molecule has 0 aromatic heterocycles. The highest BCUT2D eigenvalue weighted by Gasteiger charge is 2.20. The van der Waals surface area contributed by atoms with Crippen LogP contribution in [0.2, 0.25) is 0 Å². The van der Waals surface area contributed by atoms with E-state index < -0.39 is 0 Å². The third kappa shape index (κ3) is 3.44. The molecule has 1 aliphatic rings. The third-order valence-electron chi connectivity index (χ3n) is 3.76. The Bertz CT molecular complexity index is 456. The Balaban J connectivity index is 2.02. The van der Waals surface area contributed by atoms with Crippen LogP contribution in [0.1, 0.15) is 25.3 Å². The lowest BCUT2D eigenvalue weighted by molar-refractivity contribution is -0.385. The molecule has 0 spiro atoms. The van der Waals surface area contributed by atoms with E-state index in [1.54, 1.807) is 19.1 Å². The van der Waals surface area contributed by atoms with Crippen molar-refractivity contribution in [2.45, 2.75) is 32.7 Å². The SMILES string of the molecule is Cc1cc(NC(C)C2CCOCC2)ccc1[N+](=O)[O-]. The summed E-state index contributed by atoms with van der Waals surface area (Å²) in [6.07, 6.45) is 2.14. The first-order valence-corrected chi connectivity index (χ1v) is 6.67. The molecular formula is C14H20N2O3. The number of hydrogen-bond acceptors (Lipinski definition) is 4. The molecule has 0 radical (unpaired) electrons. The van der Waals surface area contributed by atoms with E-state index in [4.69, 9.17) is 4.74 Å². The van der Waals surface area contributed by atoms with Crippen LogP contribution in [0.4, 0.5) is 11.4 Å². The highest BCUT2D eigenvalue weighted by molar-refractivity contribution is 5.54. The van der Waals surface area contributed by atoms with Crippen LogP contribution in [0.15, 0.2) is 18.2 Å². The van der Waals surface area contributed by atoms with E-state index in [0.29, 0.717) is 17.5 Å². The quantitative estimate of drug-likeness (QED) is 0.670. The van der Waals surface area contributed by atoms with Gasteiger partial charge in [0.05, 0.1) is 4.92 Å². The van der Waals surface area contributed by atoms with Crippen LogP contribution in [0.3, 0.4) is 0 Å². The maximum absolute atomic E-state index is 10.8. The highest BCUT2D eigenvalue weighted by atomic mass is 16.6. The number of rotatable bonds is 4. The number of nitro benzene ring substituents is 1. The van der Waals surface area contributed by atoms with Gasteiger partial charge in [-0.1, -0.05) is 0 Å². The largest absolute Gasteiger partial charge is 0.382 e. The molecular weight excluding hydrogens is 244 g/mol. The van der Waals surface area contributed by atoms with Gasteiger partial charge in [-0.3, -0.25) is 10.1 Å². The van der Waals surface area contributed by atoms with Crippen LogP contribution >= 0.6 is 0 Å². The minimum atomic E-state index is -0.346. The summed E-state index contributed by atoms with van der Waals surface area (Å²) in [6, 6.07) is 5.54. The summed E-state index contributed by atoms with van der Waals surface area (Å²) >= 11 is 0. The number of benzene rings is 1. The summed E-state index contributed by atoms with van der Waals surface area (Å²) in [5, 5.41) is 14.2. The summed E-state index contributed by atoms with van der Waals surface area (Å²) in [6.45, 7) is 5.58. The Morgan fingerprint density at radius 3 is 2.68 bits per heavy atom. The third-order valence-corrected chi connectivity index (χ3v) is 3.76. The van der Waals surface area contributed by atoms with Gasteiger partial charge in [-0.05, 0) is 44.7 Å². The Morgan fingerprint density at radius 1 is 1.42 bits per heavy atom. The summed E-state index contributed by atoms with van der Waals surface area (Å²) in [4.78, 5) is 10.4. The molecule has 1 aromatic rings. The molecule has 0 saturated carbocycles. The molecule has 1 fully saturated rings. The van der Waals surface area contributed by atoms with E-state index >= 15 is 0 Å². The van der Waals surface area contributed by atoms with Crippen molar-refractivity contribution < 1.29 is 9.66 Å². The average Bonchev–Trinajstić information content (AvgIpc) is 2.39. The van der Waals surface area contributed by atoms with Crippen molar-refractivity contribution in [2.24, 2.45) is 5.92 Å². The smallest absolute Gasteiger partial charge is 0.272 e. The lowest BCUT2D eigenvalue weighted by atomic mass is 9.93. The van der Waals surface area contributed by atoms with Crippen molar-refractivity contribution in [3.05, 3.63) is 33.9 Å². The van der Waals surface area contributed by atoms with Crippen LogP contribution in [0.5, 0.6) is 0 Å². The second-order valence-electron chi connectivity index (χ2n) is 5.14. The Kier molecular flexibility index (Phi) is 4.37. The molecule has 0 aliphatic carbocycles. The van der Waals surface area contributed by atoms with Crippen molar-refractivity contribution in [1.82, 2.24) is 0 Å². The van der Waals surface area contributed by atoms with E-state index in [-0.39, 0.29) is 10.6 Å². The number of nitrogens with zero attached hydrogens (tertiary/aromatic N) is 1. The maximum Gasteiger partial charge on any atom is 0.272 e. The van der Waals surface area contributed by atoms with Crippen LogP contribution in [0.25, 0.3) is 0 Å².